The first-order valence-electron chi connectivity index (χ1n) is 9.12. The molecule has 1 aliphatic rings. The van der Waals surface area contributed by atoms with Crippen LogP contribution in [0.1, 0.15) is 31.5 Å². The quantitative estimate of drug-likeness (QED) is 0.556. The summed E-state index contributed by atoms with van der Waals surface area (Å²) < 4.78 is 14.3. The van der Waals surface area contributed by atoms with Crippen LogP contribution in [0.4, 0.5) is 9.52 Å². The molecule has 2 aromatic heterocycles. The molecule has 1 aliphatic heterocycles. The molecule has 3 nitrogen and oxygen atoms in total. The van der Waals surface area contributed by atoms with Gasteiger partial charge in [0.05, 0.1) is 4.08 Å². The van der Waals surface area contributed by atoms with E-state index in [9.17, 15) is 4.39 Å². The van der Waals surface area contributed by atoms with Gasteiger partial charge in [-0.3, -0.25) is 0 Å². The number of benzene rings is 1. The van der Waals surface area contributed by atoms with Crippen LogP contribution in [0.2, 0.25) is 0 Å². The van der Waals surface area contributed by atoms with Crippen LogP contribution < -0.4 is 5.32 Å². The Morgan fingerprint density at radius 1 is 1.11 bits per heavy atom. The number of hydrogen-bond acceptors (Lipinski definition) is 6. The molecule has 3 aromatic rings. The van der Waals surface area contributed by atoms with E-state index in [0.717, 1.165) is 44.7 Å². The Morgan fingerprint density at radius 3 is 2.63 bits per heavy atom. The Bertz CT molecular complexity index is 935. The van der Waals surface area contributed by atoms with E-state index in [-0.39, 0.29) is 9.90 Å². The van der Waals surface area contributed by atoms with Crippen molar-refractivity contribution in [3.05, 3.63) is 53.5 Å². The van der Waals surface area contributed by atoms with Crippen molar-refractivity contribution in [2.24, 2.45) is 0 Å². The summed E-state index contributed by atoms with van der Waals surface area (Å²) in [6.45, 7) is 4.20. The van der Waals surface area contributed by atoms with Crippen LogP contribution in [0, 0.1) is 5.82 Å². The molecular formula is C20H22FN3S3. The van der Waals surface area contributed by atoms with Gasteiger partial charge in [0, 0.05) is 23.7 Å². The number of nitrogens with one attached hydrogen (secondary N) is 1. The van der Waals surface area contributed by atoms with E-state index in [2.05, 4.69) is 24.1 Å². The third-order valence-corrected chi connectivity index (χ3v) is 8.63. The van der Waals surface area contributed by atoms with Crippen molar-refractivity contribution in [1.29, 1.82) is 0 Å². The lowest BCUT2D eigenvalue weighted by Crippen LogP contribution is -2.27. The number of hydrogen-bond donors (Lipinski definition) is 1. The predicted molar refractivity (Wildman–Crippen MR) is 117 cm³/mol. The maximum Gasteiger partial charge on any atom is 0.185 e. The van der Waals surface area contributed by atoms with E-state index in [1.54, 1.807) is 23.5 Å². The number of pyridine rings is 1. The molecule has 0 unspecified atom stereocenters. The lowest BCUT2D eigenvalue weighted by Gasteiger charge is -2.36. The number of fused-ring (bicyclic) bond motifs is 1. The molecular weight excluding hydrogens is 397 g/mol. The van der Waals surface area contributed by atoms with Crippen molar-refractivity contribution in [3.8, 4) is 0 Å². The Kier molecular flexibility index (Phi) is 5.62. The monoisotopic (exact) mass is 419 g/mol. The molecule has 0 spiro atoms. The molecule has 0 radical (unpaired) electrons. The minimum Gasteiger partial charge on any atom is -0.359 e. The van der Waals surface area contributed by atoms with Crippen molar-refractivity contribution in [2.75, 3.05) is 16.8 Å². The van der Waals surface area contributed by atoms with Gasteiger partial charge < -0.3 is 5.32 Å². The summed E-state index contributed by atoms with van der Waals surface area (Å²) in [6, 6.07) is 11.6. The third kappa shape index (κ3) is 4.10. The van der Waals surface area contributed by atoms with Crippen LogP contribution in [0.25, 0.3) is 10.3 Å². The Hall–Kier alpha value is -1.31. The van der Waals surface area contributed by atoms with Crippen LogP contribution >= 0.6 is 34.9 Å². The van der Waals surface area contributed by atoms with Gasteiger partial charge in [0.25, 0.3) is 0 Å². The summed E-state index contributed by atoms with van der Waals surface area (Å²) in [5.74, 6) is 1.97. The zero-order valence-electron chi connectivity index (χ0n) is 15.4. The fraction of sp³-hybridized carbons (Fsp3) is 0.400. The van der Waals surface area contributed by atoms with E-state index >= 15 is 0 Å². The van der Waals surface area contributed by atoms with Crippen molar-refractivity contribution < 1.29 is 4.39 Å². The highest BCUT2D eigenvalue weighted by Gasteiger charge is 2.38. The van der Waals surface area contributed by atoms with Crippen molar-refractivity contribution >= 4 is 50.3 Å². The second-order valence-electron chi connectivity index (χ2n) is 6.90. The summed E-state index contributed by atoms with van der Waals surface area (Å²) in [5, 5.41) is 4.24. The van der Waals surface area contributed by atoms with Gasteiger partial charge in [-0.15, -0.1) is 23.5 Å². The van der Waals surface area contributed by atoms with Gasteiger partial charge in [-0.05, 0) is 50.0 Å². The topological polar surface area (TPSA) is 37.8 Å². The molecule has 1 saturated heterocycles. The third-order valence-electron chi connectivity index (χ3n) is 4.38. The lowest BCUT2D eigenvalue weighted by molar-refractivity contribution is 0.599. The fourth-order valence-electron chi connectivity index (χ4n) is 3.20. The summed E-state index contributed by atoms with van der Waals surface area (Å²) in [7, 11) is 0. The van der Waals surface area contributed by atoms with E-state index in [4.69, 9.17) is 4.98 Å². The zero-order valence-corrected chi connectivity index (χ0v) is 17.8. The molecule has 3 heterocycles. The Labute approximate surface area is 171 Å². The highest BCUT2D eigenvalue weighted by molar-refractivity contribution is 8.18. The largest absolute Gasteiger partial charge is 0.359 e. The number of aromatic nitrogens is 2. The van der Waals surface area contributed by atoms with Crippen molar-refractivity contribution in [3.63, 3.8) is 0 Å². The molecule has 1 N–H and O–H groups in total. The maximum atomic E-state index is 14.6. The van der Waals surface area contributed by atoms with Gasteiger partial charge in [0.15, 0.2) is 5.13 Å². The molecule has 1 aromatic carbocycles. The van der Waals surface area contributed by atoms with E-state index in [1.807, 2.05) is 47.8 Å². The van der Waals surface area contributed by atoms with E-state index in [1.165, 1.54) is 0 Å². The average Bonchev–Trinajstić information content (AvgIpc) is 3.03. The smallest absolute Gasteiger partial charge is 0.185 e. The van der Waals surface area contributed by atoms with Crippen molar-refractivity contribution in [2.45, 2.75) is 36.8 Å². The molecule has 0 saturated carbocycles. The molecule has 0 amide bonds. The fourth-order valence-corrected chi connectivity index (χ4v) is 7.60. The maximum absolute atomic E-state index is 14.6. The first kappa shape index (κ1) is 19.0. The van der Waals surface area contributed by atoms with Gasteiger partial charge in [0.1, 0.15) is 16.2 Å². The Balaban J connectivity index is 1.68. The average molecular weight is 420 g/mol. The standard InChI is InChI=1S/C20H22FN3S3/c1-13(2)22-19-24-17-9-8-14(23-18(17)27-19)12-20(25-10-5-11-26-20)15-6-3-4-7-16(15)21/h3-4,6-9,13H,5,10-12H2,1-2H3,(H,22,24). The summed E-state index contributed by atoms with van der Waals surface area (Å²) in [4.78, 5) is 10.4. The van der Waals surface area contributed by atoms with Crippen LogP contribution in [-0.2, 0) is 10.5 Å². The number of anilines is 1. The second kappa shape index (κ2) is 7.97. The zero-order chi connectivity index (χ0) is 18.9. The highest BCUT2D eigenvalue weighted by Crippen LogP contribution is 2.52. The molecule has 7 heteroatoms. The first-order valence-corrected chi connectivity index (χ1v) is 11.9. The number of nitrogens with zero attached hydrogens (tertiary/aromatic N) is 2. The van der Waals surface area contributed by atoms with Crippen LogP contribution in [0.5, 0.6) is 0 Å². The summed E-state index contributed by atoms with van der Waals surface area (Å²) in [6.07, 6.45) is 1.88. The van der Waals surface area contributed by atoms with E-state index < -0.39 is 0 Å². The summed E-state index contributed by atoms with van der Waals surface area (Å²) >= 11 is 5.28. The molecule has 1 fully saturated rings. The highest BCUT2D eigenvalue weighted by atomic mass is 32.2. The second-order valence-corrected chi connectivity index (χ2v) is 10.9. The van der Waals surface area contributed by atoms with Gasteiger partial charge in [0.2, 0.25) is 0 Å². The van der Waals surface area contributed by atoms with Gasteiger partial charge in [-0.2, -0.15) is 0 Å². The van der Waals surface area contributed by atoms with Crippen molar-refractivity contribution in [1.82, 2.24) is 9.97 Å². The van der Waals surface area contributed by atoms with E-state index in [0.29, 0.717) is 12.5 Å². The molecule has 0 bridgehead atoms. The molecule has 4 rings (SSSR count). The van der Waals surface area contributed by atoms with Crippen LogP contribution in [-0.4, -0.2) is 27.5 Å². The molecule has 142 valence electrons. The minimum absolute atomic E-state index is 0.123. The minimum atomic E-state index is -0.312. The molecule has 0 aliphatic carbocycles. The first-order chi connectivity index (χ1) is 13.1. The van der Waals surface area contributed by atoms with Crippen LogP contribution in [0.3, 0.4) is 0 Å². The normalized spacial score (nSPS) is 16.7. The van der Waals surface area contributed by atoms with Gasteiger partial charge in [-0.25, -0.2) is 14.4 Å². The molecule has 27 heavy (non-hydrogen) atoms. The molecule has 0 atom stereocenters. The van der Waals surface area contributed by atoms with Crippen LogP contribution in [0.15, 0.2) is 36.4 Å². The lowest BCUT2D eigenvalue weighted by atomic mass is 10.1. The number of thiazole rings is 1. The summed E-state index contributed by atoms with van der Waals surface area (Å²) in [5.41, 5.74) is 2.69. The SMILES string of the molecule is CC(C)Nc1nc2ccc(CC3(c4ccccc4F)SCCCS3)nc2s1. The number of rotatable bonds is 5. The Morgan fingerprint density at radius 2 is 1.89 bits per heavy atom. The number of thioether (sulfide) groups is 2. The number of halogens is 1. The predicted octanol–water partition coefficient (Wildman–Crippen LogP) is 5.92. The van der Waals surface area contributed by atoms with Gasteiger partial charge >= 0.3 is 0 Å². The van der Waals surface area contributed by atoms with Gasteiger partial charge in [-0.1, -0.05) is 29.5 Å².